The number of hydroxylamine groups is 1. The number of ether oxygens (including phenoxy) is 1. The zero-order valence-electron chi connectivity index (χ0n) is 13.6. The summed E-state index contributed by atoms with van der Waals surface area (Å²) >= 11 is 0. The molecule has 0 fully saturated rings. The zero-order chi connectivity index (χ0) is 15.2. The van der Waals surface area contributed by atoms with Gasteiger partial charge in [0.2, 0.25) is 0 Å². The van der Waals surface area contributed by atoms with E-state index in [0.717, 1.165) is 12.3 Å². The fraction of sp³-hybridized carbons (Fsp3) is 0.667. The minimum atomic E-state index is 0.0507. The molecule has 0 aliphatic heterocycles. The van der Waals surface area contributed by atoms with E-state index in [1.807, 2.05) is 37.3 Å². The van der Waals surface area contributed by atoms with Crippen molar-refractivity contribution in [1.29, 1.82) is 0 Å². The fourth-order valence-electron chi connectivity index (χ4n) is 2.12. The standard InChI is InChI=1S/C18H31NO2/c1-3-4-5-6-7-8-12-15-19-21-17(2)16-20-18-13-10-9-11-14-18/h9-11,13-14,17,19H,3-8,12,15-16H2,1-2H3. The molecule has 0 amide bonds. The third-order valence-electron chi connectivity index (χ3n) is 3.39. The molecule has 1 atom stereocenters. The van der Waals surface area contributed by atoms with Gasteiger partial charge in [-0.2, -0.15) is 0 Å². The summed E-state index contributed by atoms with van der Waals surface area (Å²) in [5, 5.41) is 0. The Morgan fingerprint density at radius 1 is 0.952 bits per heavy atom. The Labute approximate surface area is 130 Å². The second kappa shape index (κ2) is 12.7. The zero-order valence-corrected chi connectivity index (χ0v) is 13.6. The molecule has 3 nitrogen and oxygen atoms in total. The highest BCUT2D eigenvalue weighted by molar-refractivity contribution is 5.20. The summed E-state index contributed by atoms with van der Waals surface area (Å²) in [6.07, 6.45) is 9.31. The van der Waals surface area contributed by atoms with E-state index in [0.29, 0.717) is 6.61 Å². The lowest BCUT2D eigenvalue weighted by atomic mass is 10.1. The predicted molar refractivity (Wildman–Crippen MR) is 88.5 cm³/mol. The second-order valence-corrected chi connectivity index (χ2v) is 5.57. The van der Waals surface area contributed by atoms with E-state index in [4.69, 9.17) is 9.57 Å². The Morgan fingerprint density at radius 2 is 1.62 bits per heavy atom. The Morgan fingerprint density at radius 3 is 2.33 bits per heavy atom. The van der Waals surface area contributed by atoms with Crippen LogP contribution in [0.25, 0.3) is 0 Å². The van der Waals surface area contributed by atoms with Crippen LogP contribution < -0.4 is 10.2 Å². The van der Waals surface area contributed by atoms with E-state index in [9.17, 15) is 0 Å². The van der Waals surface area contributed by atoms with Crippen LogP contribution in [0.5, 0.6) is 5.75 Å². The van der Waals surface area contributed by atoms with Crippen molar-refractivity contribution in [3.63, 3.8) is 0 Å². The number of nitrogens with one attached hydrogen (secondary N) is 1. The van der Waals surface area contributed by atoms with Crippen LogP contribution >= 0.6 is 0 Å². The first-order chi connectivity index (χ1) is 10.3. The molecule has 0 radical (unpaired) electrons. The van der Waals surface area contributed by atoms with Gasteiger partial charge in [0.05, 0.1) is 0 Å². The third-order valence-corrected chi connectivity index (χ3v) is 3.39. The number of para-hydroxylation sites is 1. The maximum atomic E-state index is 5.64. The van der Waals surface area contributed by atoms with Gasteiger partial charge >= 0.3 is 0 Å². The maximum absolute atomic E-state index is 5.64. The predicted octanol–water partition coefficient (Wildman–Crippen LogP) is 4.73. The first-order valence-corrected chi connectivity index (χ1v) is 8.39. The molecule has 3 heteroatoms. The van der Waals surface area contributed by atoms with E-state index >= 15 is 0 Å². The van der Waals surface area contributed by atoms with Crippen molar-refractivity contribution in [3.8, 4) is 5.75 Å². The van der Waals surface area contributed by atoms with E-state index in [-0.39, 0.29) is 6.10 Å². The van der Waals surface area contributed by atoms with Crippen LogP contribution in [0.1, 0.15) is 58.8 Å². The molecule has 0 aliphatic carbocycles. The minimum Gasteiger partial charge on any atom is -0.491 e. The monoisotopic (exact) mass is 293 g/mol. The highest BCUT2D eigenvalue weighted by Gasteiger charge is 2.03. The molecule has 1 N–H and O–H groups in total. The fourth-order valence-corrected chi connectivity index (χ4v) is 2.12. The van der Waals surface area contributed by atoms with Crippen molar-refractivity contribution in [2.45, 2.75) is 64.9 Å². The Balaban J connectivity index is 1.88. The largest absolute Gasteiger partial charge is 0.491 e. The van der Waals surface area contributed by atoms with E-state index in [2.05, 4.69) is 12.4 Å². The average Bonchev–Trinajstić information content (AvgIpc) is 2.52. The Kier molecular flexibility index (Phi) is 10.8. The van der Waals surface area contributed by atoms with Gasteiger partial charge in [0.25, 0.3) is 0 Å². The van der Waals surface area contributed by atoms with Gasteiger partial charge in [-0.25, -0.2) is 5.48 Å². The summed E-state index contributed by atoms with van der Waals surface area (Å²) in [5.41, 5.74) is 3.04. The van der Waals surface area contributed by atoms with Crippen LogP contribution in [0.2, 0.25) is 0 Å². The van der Waals surface area contributed by atoms with Crippen LogP contribution in [-0.2, 0) is 4.84 Å². The number of rotatable bonds is 13. The Hall–Kier alpha value is -1.06. The van der Waals surface area contributed by atoms with Gasteiger partial charge in [0.15, 0.2) is 0 Å². The first kappa shape index (κ1) is 18.0. The van der Waals surface area contributed by atoms with Gasteiger partial charge in [0.1, 0.15) is 18.5 Å². The minimum absolute atomic E-state index is 0.0507. The summed E-state index contributed by atoms with van der Waals surface area (Å²) < 4.78 is 5.64. The van der Waals surface area contributed by atoms with Crippen LogP contribution in [0.15, 0.2) is 30.3 Å². The normalized spacial score (nSPS) is 12.3. The summed E-state index contributed by atoms with van der Waals surface area (Å²) in [4.78, 5) is 5.53. The van der Waals surface area contributed by atoms with Crippen molar-refractivity contribution in [2.24, 2.45) is 0 Å². The van der Waals surface area contributed by atoms with Gasteiger partial charge in [-0.3, -0.25) is 4.84 Å². The molecule has 1 aromatic rings. The van der Waals surface area contributed by atoms with Gasteiger partial charge in [0, 0.05) is 6.54 Å². The smallest absolute Gasteiger partial charge is 0.119 e. The molecular formula is C18H31NO2. The molecule has 1 rings (SSSR count). The lowest BCUT2D eigenvalue weighted by Crippen LogP contribution is -2.27. The molecule has 0 aromatic heterocycles. The molecule has 0 heterocycles. The SMILES string of the molecule is CCCCCCCCCNOC(C)COc1ccccc1. The summed E-state index contributed by atoms with van der Waals surface area (Å²) in [5.74, 6) is 0.889. The highest BCUT2D eigenvalue weighted by atomic mass is 16.7. The molecule has 1 aromatic carbocycles. The Bertz CT molecular complexity index is 329. The van der Waals surface area contributed by atoms with E-state index in [1.54, 1.807) is 0 Å². The van der Waals surface area contributed by atoms with Gasteiger partial charge in [-0.1, -0.05) is 63.6 Å². The average molecular weight is 293 g/mol. The van der Waals surface area contributed by atoms with Gasteiger partial charge in [-0.15, -0.1) is 0 Å². The molecule has 0 spiro atoms. The quantitative estimate of drug-likeness (QED) is 0.421. The van der Waals surface area contributed by atoms with Crippen LogP contribution in [-0.4, -0.2) is 19.3 Å². The van der Waals surface area contributed by atoms with Crippen molar-refractivity contribution >= 4 is 0 Å². The maximum Gasteiger partial charge on any atom is 0.119 e. The van der Waals surface area contributed by atoms with Gasteiger partial charge in [-0.05, 0) is 25.5 Å². The van der Waals surface area contributed by atoms with Crippen LogP contribution in [0, 0.1) is 0 Å². The number of unbranched alkanes of at least 4 members (excludes halogenated alkanes) is 6. The molecule has 21 heavy (non-hydrogen) atoms. The number of hydrogen-bond donors (Lipinski definition) is 1. The molecule has 0 aliphatic rings. The van der Waals surface area contributed by atoms with Gasteiger partial charge < -0.3 is 4.74 Å². The van der Waals surface area contributed by atoms with Crippen molar-refractivity contribution in [2.75, 3.05) is 13.2 Å². The third kappa shape index (κ3) is 10.3. The molecule has 0 bridgehead atoms. The van der Waals surface area contributed by atoms with E-state index < -0.39 is 0 Å². The lowest BCUT2D eigenvalue weighted by molar-refractivity contribution is -0.0359. The highest BCUT2D eigenvalue weighted by Crippen LogP contribution is 2.09. The first-order valence-electron chi connectivity index (χ1n) is 8.39. The topological polar surface area (TPSA) is 30.5 Å². The van der Waals surface area contributed by atoms with E-state index in [1.165, 1.54) is 44.9 Å². The van der Waals surface area contributed by atoms with Crippen molar-refractivity contribution in [3.05, 3.63) is 30.3 Å². The summed E-state index contributed by atoms with van der Waals surface area (Å²) in [6.45, 7) is 5.75. The second-order valence-electron chi connectivity index (χ2n) is 5.57. The van der Waals surface area contributed by atoms with Crippen molar-refractivity contribution in [1.82, 2.24) is 5.48 Å². The molecular weight excluding hydrogens is 262 g/mol. The summed E-state index contributed by atoms with van der Waals surface area (Å²) in [7, 11) is 0. The lowest BCUT2D eigenvalue weighted by Gasteiger charge is -2.14. The number of benzene rings is 1. The van der Waals surface area contributed by atoms with Crippen LogP contribution in [0.3, 0.4) is 0 Å². The molecule has 0 saturated heterocycles. The molecule has 120 valence electrons. The number of hydrogen-bond acceptors (Lipinski definition) is 3. The van der Waals surface area contributed by atoms with Crippen molar-refractivity contribution < 1.29 is 9.57 Å². The molecule has 1 unspecified atom stereocenters. The summed E-state index contributed by atoms with van der Waals surface area (Å²) in [6, 6.07) is 9.84. The molecule has 0 saturated carbocycles. The van der Waals surface area contributed by atoms with Crippen LogP contribution in [0.4, 0.5) is 0 Å².